The van der Waals surface area contributed by atoms with Crippen LogP contribution in [0.2, 0.25) is 0 Å². The minimum atomic E-state index is -1.08. The molecule has 2 heterocycles. The SMILES string of the molecule is CC(C)N(CC(=O)O)C(=O)CCc1nc2c([nH]1)c(=O)[nH]c(=O)n2C. The second-order valence-electron chi connectivity index (χ2n) is 5.71. The third-order valence-electron chi connectivity index (χ3n) is 3.63. The van der Waals surface area contributed by atoms with E-state index in [0.29, 0.717) is 5.82 Å². The zero-order valence-corrected chi connectivity index (χ0v) is 13.6. The van der Waals surface area contributed by atoms with Crippen molar-refractivity contribution in [2.75, 3.05) is 6.54 Å². The summed E-state index contributed by atoms with van der Waals surface area (Å²) in [5, 5.41) is 8.87. The molecule has 10 nitrogen and oxygen atoms in total. The van der Waals surface area contributed by atoms with Crippen LogP contribution < -0.4 is 11.2 Å². The van der Waals surface area contributed by atoms with E-state index in [2.05, 4.69) is 15.0 Å². The molecule has 0 bridgehead atoms. The number of carbonyl (C=O) groups is 2. The lowest BCUT2D eigenvalue weighted by molar-refractivity contribution is -0.145. The van der Waals surface area contributed by atoms with Gasteiger partial charge in [-0.2, -0.15) is 0 Å². The van der Waals surface area contributed by atoms with Crippen LogP contribution in [0.4, 0.5) is 0 Å². The summed E-state index contributed by atoms with van der Waals surface area (Å²) in [7, 11) is 1.48. The Labute approximate surface area is 136 Å². The molecule has 0 radical (unpaired) electrons. The highest BCUT2D eigenvalue weighted by Gasteiger charge is 2.20. The number of aromatic amines is 2. The molecule has 1 amide bonds. The summed E-state index contributed by atoms with van der Waals surface area (Å²) in [4.78, 5) is 56.7. The van der Waals surface area contributed by atoms with Crippen molar-refractivity contribution >= 4 is 23.0 Å². The van der Waals surface area contributed by atoms with Gasteiger partial charge < -0.3 is 15.0 Å². The molecule has 0 atom stereocenters. The third kappa shape index (κ3) is 3.53. The Bertz CT molecular complexity index is 891. The van der Waals surface area contributed by atoms with Crippen LogP contribution in [0.15, 0.2) is 9.59 Å². The molecule has 2 aromatic rings. The van der Waals surface area contributed by atoms with Gasteiger partial charge in [-0.05, 0) is 13.8 Å². The summed E-state index contributed by atoms with van der Waals surface area (Å²) in [6, 6.07) is -0.243. The molecule has 0 aliphatic rings. The highest BCUT2D eigenvalue weighted by molar-refractivity contribution is 5.81. The number of nitrogens with one attached hydrogen (secondary N) is 2. The largest absolute Gasteiger partial charge is 0.480 e. The topological polar surface area (TPSA) is 141 Å². The Hall–Kier alpha value is -2.91. The maximum absolute atomic E-state index is 12.2. The number of hydrogen-bond donors (Lipinski definition) is 3. The number of H-pyrrole nitrogens is 2. The molecule has 0 unspecified atom stereocenters. The Balaban J connectivity index is 2.18. The van der Waals surface area contributed by atoms with Crippen molar-refractivity contribution in [3.05, 3.63) is 26.7 Å². The molecule has 0 aromatic carbocycles. The lowest BCUT2D eigenvalue weighted by atomic mass is 10.2. The molecule has 0 aliphatic heterocycles. The van der Waals surface area contributed by atoms with Crippen molar-refractivity contribution in [1.29, 1.82) is 0 Å². The first kappa shape index (κ1) is 17.4. The van der Waals surface area contributed by atoms with E-state index in [-0.39, 0.29) is 42.5 Å². The van der Waals surface area contributed by atoms with Crippen LogP contribution in [-0.4, -0.2) is 54.0 Å². The summed E-state index contributed by atoms with van der Waals surface area (Å²) in [5.74, 6) is -1.03. The van der Waals surface area contributed by atoms with E-state index in [4.69, 9.17) is 5.11 Å². The first-order valence-corrected chi connectivity index (χ1v) is 7.40. The van der Waals surface area contributed by atoms with E-state index in [1.165, 1.54) is 16.5 Å². The minimum absolute atomic E-state index is 0.0388. The number of hydrogen-bond acceptors (Lipinski definition) is 5. The van der Waals surface area contributed by atoms with E-state index >= 15 is 0 Å². The smallest absolute Gasteiger partial charge is 0.329 e. The molecule has 0 spiro atoms. The lowest BCUT2D eigenvalue weighted by Crippen LogP contribution is -2.40. The van der Waals surface area contributed by atoms with Crippen molar-refractivity contribution in [3.63, 3.8) is 0 Å². The minimum Gasteiger partial charge on any atom is -0.480 e. The van der Waals surface area contributed by atoms with Crippen LogP contribution in [-0.2, 0) is 23.1 Å². The number of amides is 1. The van der Waals surface area contributed by atoms with Gasteiger partial charge in [-0.25, -0.2) is 9.78 Å². The number of carbonyl (C=O) groups excluding carboxylic acids is 1. The standard InChI is InChI=1S/C14H19N5O5/c1-7(2)19(6-10(21)22)9(20)5-4-8-15-11-12(16-8)18(3)14(24)17-13(11)23/h7H,4-6H2,1-3H3,(H,15,16)(H,21,22)(H,17,23,24). The van der Waals surface area contributed by atoms with E-state index in [1.54, 1.807) is 13.8 Å². The monoisotopic (exact) mass is 337 g/mol. The van der Waals surface area contributed by atoms with E-state index in [1.807, 2.05) is 0 Å². The molecular formula is C14H19N5O5. The molecule has 3 N–H and O–H groups in total. The fourth-order valence-corrected chi connectivity index (χ4v) is 2.34. The number of carboxylic acids is 1. The quantitative estimate of drug-likeness (QED) is 0.630. The predicted octanol–water partition coefficient (Wildman–Crippen LogP) is -0.796. The number of fused-ring (bicyclic) bond motifs is 1. The normalized spacial score (nSPS) is 11.2. The average molecular weight is 337 g/mol. The van der Waals surface area contributed by atoms with Gasteiger partial charge in [0.2, 0.25) is 5.91 Å². The second-order valence-corrected chi connectivity index (χ2v) is 5.71. The average Bonchev–Trinajstić information content (AvgIpc) is 2.92. The number of rotatable bonds is 6. The van der Waals surface area contributed by atoms with E-state index in [9.17, 15) is 19.2 Å². The Kier molecular flexibility index (Phi) is 4.86. The molecule has 10 heteroatoms. The van der Waals surface area contributed by atoms with Crippen LogP contribution in [0, 0.1) is 0 Å². The molecule has 0 saturated heterocycles. The molecular weight excluding hydrogens is 318 g/mol. The van der Waals surface area contributed by atoms with Crippen LogP contribution in [0.3, 0.4) is 0 Å². The van der Waals surface area contributed by atoms with Gasteiger partial charge in [-0.15, -0.1) is 0 Å². The van der Waals surface area contributed by atoms with Crippen LogP contribution in [0.25, 0.3) is 11.2 Å². The van der Waals surface area contributed by atoms with Crippen molar-refractivity contribution in [1.82, 2.24) is 24.4 Å². The Morgan fingerprint density at radius 3 is 2.54 bits per heavy atom. The van der Waals surface area contributed by atoms with Gasteiger partial charge in [-0.3, -0.25) is 23.9 Å². The molecule has 2 rings (SSSR count). The van der Waals surface area contributed by atoms with Gasteiger partial charge in [0.1, 0.15) is 17.9 Å². The molecule has 0 fully saturated rings. The summed E-state index contributed by atoms with van der Waals surface area (Å²) in [5.41, 5.74) is -0.787. The summed E-state index contributed by atoms with van der Waals surface area (Å²) < 4.78 is 1.20. The number of aromatic nitrogens is 4. The number of nitrogens with zero attached hydrogens (tertiary/aromatic N) is 3. The van der Waals surface area contributed by atoms with Gasteiger partial charge in [0.05, 0.1) is 0 Å². The molecule has 0 aliphatic carbocycles. The highest BCUT2D eigenvalue weighted by atomic mass is 16.4. The summed E-state index contributed by atoms with van der Waals surface area (Å²) in [6.07, 6.45) is 0.237. The first-order valence-electron chi connectivity index (χ1n) is 7.40. The van der Waals surface area contributed by atoms with E-state index in [0.717, 1.165) is 0 Å². The lowest BCUT2D eigenvalue weighted by Gasteiger charge is -2.24. The third-order valence-corrected chi connectivity index (χ3v) is 3.63. The van der Waals surface area contributed by atoms with Gasteiger partial charge in [-0.1, -0.05) is 0 Å². The van der Waals surface area contributed by atoms with Gasteiger partial charge >= 0.3 is 11.7 Å². The zero-order chi connectivity index (χ0) is 18.0. The van der Waals surface area contributed by atoms with Gasteiger partial charge in [0.25, 0.3) is 5.56 Å². The Morgan fingerprint density at radius 1 is 1.29 bits per heavy atom. The van der Waals surface area contributed by atoms with Crippen molar-refractivity contribution in [3.8, 4) is 0 Å². The maximum atomic E-state index is 12.2. The summed E-state index contributed by atoms with van der Waals surface area (Å²) >= 11 is 0. The molecule has 130 valence electrons. The van der Waals surface area contributed by atoms with Crippen molar-refractivity contribution in [2.24, 2.45) is 7.05 Å². The molecule has 24 heavy (non-hydrogen) atoms. The zero-order valence-electron chi connectivity index (χ0n) is 13.6. The molecule has 0 saturated carbocycles. The Morgan fingerprint density at radius 2 is 1.96 bits per heavy atom. The fourth-order valence-electron chi connectivity index (χ4n) is 2.34. The fraction of sp³-hybridized carbons (Fsp3) is 0.500. The van der Waals surface area contributed by atoms with Crippen LogP contribution in [0.1, 0.15) is 26.1 Å². The number of aryl methyl sites for hydroxylation is 2. The second kappa shape index (κ2) is 6.69. The number of carboxylic acid groups (broad SMARTS) is 1. The van der Waals surface area contributed by atoms with Crippen LogP contribution in [0.5, 0.6) is 0 Å². The number of imidazole rings is 1. The number of aliphatic carboxylic acids is 1. The van der Waals surface area contributed by atoms with E-state index < -0.39 is 17.2 Å². The summed E-state index contributed by atoms with van der Waals surface area (Å²) in [6.45, 7) is 3.10. The molecule has 2 aromatic heterocycles. The highest BCUT2D eigenvalue weighted by Crippen LogP contribution is 2.08. The first-order chi connectivity index (χ1) is 11.2. The van der Waals surface area contributed by atoms with Gasteiger partial charge in [0.15, 0.2) is 5.65 Å². The van der Waals surface area contributed by atoms with Gasteiger partial charge in [0, 0.05) is 25.9 Å². The predicted molar refractivity (Wildman–Crippen MR) is 84.8 cm³/mol. The maximum Gasteiger partial charge on any atom is 0.329 e. The van der Waals surface area contributed by atoms with Crippen molar-refractivity contribution < 1.29 is 14.7 Å². The van der Waals surface area contributed by atoms with Crippen molar-refractivity contribution in [2.45, 2.75) is 32.7 Å². The van der Waals surface area contributed by atoms with Crippen LogP contribution >= 0.6 is 0 Å².